The summed E-state index contributed by atoms with van der Waals surface area (Å²) in [4.78, 5) is 39.7. The predicted molar refractivity (Wildman–Crippen MR) is 222 cm³/mol. The first-order chi connectivity index (χ1) is 26.1. The summed E-state index contributed by atoms with van der Waals surface area (Å²) in [5.41, 5.74) is 0. The van der Waals surface area contributed by atoms with Crippen molar-refractivity contribution in [2.45, 2.75) is 201 Å². The fourth-order valence-corrected chi connectivity index (χ4v) is 7.31. The average Bonchev–Trinajstić information content (AvgIpc) is 3.13. The number of carbonyl (C=O) groups is 3. The molecule has 0 aromatic rings. The van der Waals surface area contributed by atoms with Crippen LogP contribution in [0.4, 0.5) is 0 Å². The van der Waals surface area contributed by atoms with E-state index < -0.39 is 35.8 Å². The number of esters is 1. The third-order valence-corrected chi connectivity index (χ3v) is 10.8. The number of carbonyl (C=O) groups excluding carboxylic acids is 1. The normalized spacial score (nSPS) is 14.5. The molecule has 0 radical (unpaired) electrons. The lowest BCUT2D eigenvalue weighted by molar-refractivity contribution is -0.157. The Kier molecular flexibility index (Phi) is 35.7. The molecule has 0 fully saturated rings. The molecule has 0 aliphatic heterocycles. The van der Waals surface area contributed by atoms with Gasteiger partial charge in [0.25, 0.3) is 0 Å². The van der Waals surface area contributed by atoms with E-state index in [0.29, 0.717) is 57.2 Å². The van der Waals surface area contributed by atoms with Gasteiger partial charge in [0.15, 0.2) is 0 Å². The molecule has 0 saturated heterocycles. The SMILES string of the molecule is CCCCCCC(CCCC)COCCCCC(CC(CC(CCCCOCC(CCCC)CCCCCC)C(=O)O)OC(=O)CCCN(C)C)C(=O)O. The van der Waals surface area contributed by atoms with E-state index in [2.05, 4.69) is 27.7 Å². The van der Waals surface area contributed by atoms with Gasteiger partial charge in [0, 0.05) is 32.8 Å². The topological polar surface area (TPSA) is 123 Å². The largest absolute Gasteiger partial charge is 0.481 e. The van der Waals surface area contributed by atoms with Gasteiger partial charge in [-0.05, 0) is 103 Å². The van der Waals surface area contributed by atoms with Crippen molar-refractivity contribution in [1.29, 1.82) is 0 Å². The zero-order valence-corrected chi connectivity index (χ0v) is 36.1. The van der Waals surface area contributed by atoms with Crippen LogP contribution in [-0.4, -0.2) is 86.2 Å². The van der Waals surface area contributed by atoms with Crippen molar-refractivity contribution in [3.8, 4) is 0 Å². The molecule has 320 valence electrons. The highest BCUT2D eigenvalue weighted by Crippen LogP contribution is 2.26. The monoisotopic (exact) mass is 770 g/mol. The summed E-state index contributed by atoms with van der Waals surface area (Å²) in [6, 6.07) is 0. The molecule has 4 atom stereocenters. The van der Waals surface area contributed by atoms with Crippen LogP contribution in [0.1, 0.15) is 195 Å². The Balaban J connectivity index is 5.14. The van der Waals surface area contributed by atoms with Gasteiger partial charge >= 0.3 is 17.9 Å². The first-order valence-electron chi connectivity index (χ1n) is 22.5. The van der Waals surface area contributed by atoms with E-state index in [9.17, 15) is 24.6 Å². The minimum atomic E-state index is -0.928. The second kappa shape index (κ2) is 36.9. The molecule has 9 nitrogen and oxygen atoms in total. The molecular formula is C45H87NO8. The maximum atomic E-state index is 12.9. The van der Waals surface area contributed by atoms with E-state index in [4.69, 9.17) is 14.2 Å². The van der Waals surface area contributed by atoms with Crippen molar-refractivity contribution in [1.82, 2.24) is 4.90 Å². The maximum Gasteiger partial charge on any atom is 0.306 e. The lowest BCUT2D eigenvalue weighted by Gasteiger charge is -2.25. The van der Waals surface area contributed by atoms with E-state index in [0.717, 1.165) is 32.6 Å². The molecular weight excluding hydrogens is 682 g/mol. The lowest BCUT2D eigenvalue weighted by Crippen LogP contribution is -2.30. The highest BCUT2D eigenvalue weighted by Gasteiger charge is 2.30. The van der Waals surface area contributed by atoms with Crippen molar-refractivity contribution in [3.63, 3.8) is 0 Å². The van der Waals surface area contributed by atoms with Crippen molar-refractivity contribution >= 4 is 17.9 Å². The molecule has 54 heavy (non-hydrogen) atoms. The number of ether oxygens (including phenoxy) is 3. The van der Waals surface area contributed by atoms with Gasteiger partial charge in [-0.25, -0.2) is 0 Å². The molecule has 2 N–H and O–H groups in total. The van der Waals surface area contributed by atoms with Gasteiger partial charge in [-0.1, -0.05) is 118 Å². The number of nitrogens with zero attached hydrogens (tertiary/aromatic N) is 1. The quantitative estimate of drug-likeness (QED) is 0.0462. The Hall–Kier alpha value is -1.71. The molecule has 0 aliphatic rings. The predicted octanol–water partition coefficient (Wildman–Crippen LogP) is 11.3. The molecule has 0 aromatic heterocycles. The zero-order valence-electron chi connectivity index (χ0n) is 36.1. The minimum Gasteiger partial charge on any atom is -0.481 e. The summed E-state index contributed by atoms with van der Waals surface area (Å²) in [6.07, 6.45) is 23.9. The van der Waals surface area contributed by atoms with Crippen molar-refractivity contribution < 1.29 is 38.8 Å². The summed E-state index contributed by atoms with van der Waals surface area (Å²) in [5.74, 6) is -2.51. The highest BCUT2D eigenvalue weighted by molar-refractivity contribution is 5.72. The summed E-state index contributed by atoms with van der Waals surface area (Å²) in [7, 11) is 3.88. The first kappa shape index (κ1) is 52.3. The molecule has 0 amide bonds. The van der Waals surface area contributed by atoms with Gasteiger partial charge in [0.05, 0.1) is 11.8 Å². The molecule has 0 rings (SSSR count). The van der Waals surface area contributed by atoms with Crippen molar-refractivity contribution in [3.05, 3.63) is 0 Å². The molecule has 0 spiro atoms. The molecule has 0 aliphatic carbocycles. The number of hydrogen-bond acceptors (Lipinski definition) is 7. The molecule has 0 saturated carbocycles. The summed E-state index contributed by atoms with van der Waals surface area (Å²) >= 11 is 0. The van der Waals surface area contributed by atoms with E-state index >= 15 is 0 Å². The third kappa shape index (κ3) is 31.5. The summed E-state index contributed by atoms with van der Waals surface area (Å²) in [6.45, 7) is 12.4. The summed E-state index contributed by atoms with van der Waals surface area (Å²) < 4.78 is 18.0. The molecule has 0 aromatic carbocycles. The number of hydrogen-bond donors (Lipinski definition) is 2. The maximum absolute atomic E-state index is 12.9. The lowest BCUT2D eigenvalue weighted by atomic mass is 9.89. The van der Waals surface area contributed by atoms with Crippen LogP contribution in [0, 0.1) is 23.7 Å². The average molecular weight is 770 g/mol. The van der Waals surface area contributed by atoms with E-state index in [1.165, 1.54) is 103 Å². The number of carboxylic acid groups (broad SMARTS) is 2. The standard InChI is InChI=1S/C45H87NO8/c1-7-11-15-17-26-38(24-13-9-3)36-52-32-21-19-28-40(44(48)49)34-42(54-43(47)30-23-31-46(5)6)35-41(45(50)51)29-20-22-33-53-37-39(25-14-10-4)27-18-16-12-8-2/h38-42H,7-37H2,1-6H3,(H,48,49)(H,50,51). The molecule has 9 heteroatoms. The molecule has 0 heterocycles. The van der Waals surface area contributed by atoms with E-state index in [1.54, 1.807) is 0 Å². The van der Waals surface area contributed by atoms with Crippen LogP contribution in [0.2, 0.25) is 0 Å². The van der Waals surface area contributed by atoms with Gasteiger partial charge in [0.2, 0.25) is 0 Å². The Labute approximate surface area is 332 Å². The Morgan fingerprint density at radius 1 is 0.519 bits per heavy atom. The number of unbranched alkanes of at least 4 members (excludes halogenated alkanes) is 10. The molecule has 0 bridgehead atoms. The van der Waals surface area contributed by atoms with Gasteiger partial charge in [0.1, 0.15) is 6.10 Å². The van der Waals surface area contributed by atoms with Crippen molar-refractivity contribution in [2.24, 2.45) is 23.7 Å². The number of carboxylic acids is 2. The van der Waals surface area contributed by atoms with Gasteiger partial charge < -0.3 is 29.3 Å². The zero-order chi connectivity index (χ0) is 40.2. The van der Waals surface area contributed by atoms with Gasteiger partial charge in [-0.2, -0.15) is 0 Å². The van der Waals surface area contributed by atoms with Crippen LogP contribution in [0.3, 0.4) is 0 Å². The van der Waals surface area contributed by atoms with Crippen LogP contribution in [0.25, 0.3) is 0 Å². The van der Waals surface area contributed by atoms with Crippen LogP contribution >= 0.6 is 0 Å². The fourth-order valence-electron chi connectivity index (χ4n) is 7.31. The smallest absolute Gasteiger partial charge is 0.306 e. The Morgan fingerprint density at radius 2 is 0.926 bits per heavy atom. The van der Waals surface area contributed by atoms with Gasteiger partial charge in [-0.3, -0.25) is 14.4 Å². The highest BCUT2D eigenvalue weighted by atomic mass is 16.5. The third-order valence-electron chi connectivity index (χ3n) is 10.8. The number of aliphatic carboxylic acids is 2. The fraction of sp³-hybridized carbons (Fsp3) is 0.933. The minimum absolute atomic E-state index is 0.122. The van der Waals surface area contributed by atoms with Crippen LogP contribution < -0.4 is 0 Å². The van der Waals surface area contributed by atoms with Crippen LogP contribution in [0.15, 0.2) is 0 Å². The van der Waals surface area contributed by atoms with Crippen LogP contribution in [0.5, 0.6) is 0 Å². The Morgan fingerprint density at radius 3 is 1.31 bits per heavy atom. The number of rotatable bonds is 41. The second-order valence-corrected chi connectivity index (χ2v) is 16.4. The van der Waals surface area contributed by atoms with Gasteiger partial charge in [-0.15, -0.1) is 0 Å². The van der Waals surface area contributed by atoms with E-state index in [-0.39, 0.29) is 19.3 Å². The second-order valence-electron chi connectivity index (χ2n) is 16.4. The van der Waals surface area contributed by atoms with Crippen LogP contribution in [-0.2, 0) is 28.6 Å². The molecule has 4 unspecified atom stereocenters. The first-order valence-corrected chi connectivity index (χ1v) is 22.5. The van der Waals surface area contributed by atoms with E-state index in [1.807, 2.05) is 19.0 Å². The Bertz CT molecular complexity index is 828. The summed E-state index contributed by atoms with van der Waals surface area (Å²) in [5, 5.41) is 20.3. The van der Waals surface area contributed by atoms with Crippen molar-refractivity contribution in [2.75, 3.05) is 47.1 Å².